The zero-order valence-electron chi connectivity index (χ0n) is 15.3. The molecule has 2 fully saturated rings. The highest BCUT2D eigenvalue weighted by atomic mass is 35.5. The second kappa shape index (κ2) is 10.5. The lowest BCUT2D eigenvalue weighted by atomic mass is 9.74. The van der Waals surface area contributed by atoms with Crippen LogP contribution < -0.4 is 10.6 Å². The zero-order chi connectivity index (χ0) is 17.5. The van der Waals surface area contributed by atoms with Crippen molar-refractivity contribution in [1.29, 1.82) is 0 Å². The van der Waals surface area contributed by atoms with E-state index in [1.54, 1.807) is 0 Å². The van der Waals surface area contributed by atoms with Gasteiger partial charge in [0.1, 0.15) is 0 Å². The minimum atomic E-state index is -0.0345. The van der Waals surface area contributed by atoms with Crippen molar-refractivity contribution in [2.24, 2.45) is 5.92 Å². The molecule has 4 nitrogen and oxygen atoms in total. The molecule has 0 saturated carbocycles. The van der Waals surface area contributed by atoms with Crippen LogP contribution in [0.1, 0.15) is 44.1 Å². The standard InChI is InChI=1S/C20H29ClN2O2.ClH/c21-18-4-2-17(3-5-18)20(9-13-25-14-10-20)15-23-19(24)6-1-16-7-11-22-12-8-16;/h2-5,16,22H,1,6-15H2,(H,23,24);1H. The van der Waals surface area contributed by atoms with Crippen LogP contribution in [0, 0.1) is 5.92 Å². The van der Waals surface area contributed by atoms with Crippen molar-refractivity contribution in [2.75, 3.05) is 32.8 Å². The molecule has 1 aromatic carbocycles. The lowest BCUT2D eigenvalue weighted by molar-refractivity contribution is -0.122. The summed E-state index contributed by atoms with van der Waals surface area (Å²) in [7, 11) is 0. The normalized spacial score (nSPS) is 20.2. The number of piperidine rings is 1. The van der Waals surface area contributed by atoms with E-state index in [-0.39, 0.29) is 23.7 Å². The molecule has 0 aromatic heterocycles. The van der Waals surface area contributed by atoms with Crippen molar-refractivity contribution in [2.45, 2.75) is 43.9 Å². The summed E-state index contributed by atoms with van der Waals surface area (Å²) in [6.45, 7) is 4.35. The third-order valence-corrected chi connectivity index (χ3v) is 6.02. The summed E-state index contributed by atoms with van der Waals surface area (Å²) in [4.78, 5) is 12.4. The zero-order valence-corrected chi connectivity index (χ0v) is 16.8. The van der Waals surface area contributed by atoms with Crippen LogP contribution in [0.25, 0.3) is 0 Å². The molecule has 2 N–H and O–H groups in total. The summed E-state index contributed by atoms with van der Waals surface area (Å²) in [6.07, 6.45) is 5.90. The molecule has 0 radical (unpaired) electrons. The third-order valence-electron chi connectivity index (χ3n) is 5.77. The van der Waals surface area contributed by atoms with Gasteiger partial charge in [-0.3, -0.25) is 4.79 Å². The Hall–Kier alpha value is -0.810. The first kappa shape index (κ1) is 21.5. The van der Waals surface area contributed by atoms with Gasteiger partial charge in [0.25, 0.3) is 0 Å². The lowest BCUT2D eigenvalue weighted by Gasteiger charge is -2.38. The molecule has 2 aliphatic rings. The van der Waals surface area contributed by atoms with Crippen LogP contribution in [0.3, 0.4) is 0 Å². The highest BCUT2D eigenvalue weighted by molar-refractivity contribution is 6.30. The van der Waals surface area contributed by atoms with E-state index in [0.29, 0.717) is 18.9 Å². The fourth-order valence-electron chi connectivity index (χ4n) is 3.99. The fourth-order valence-corrected chi connectivity index (χ4v) is 4.12. The summed E-state index contributed by atoms with van der Waals surface area (Å²) >= 11 is 6.04. The van der Waals surface area contributed by atoms with Gasteiger partial charge >= 0.3 is 0 Å². The quantitative estimate of drug-likeness (QED) is 0.764. The van der Waals surface area contributed by atoms with E-state index in [9.17, 15) is 4.79 Å². The van der Waals surface area contributed by atoms with Crippen molar-refractivity contribution in [3.8, 4) is 0 Å². The molecule has 6 heteroatoms. The molecular formula is C20H30Cl2N2O2. The average molecular weight is 401 g/mol. The summed E-state index contributed by atoms with van der Waals surface area (Å²) in [6, 6.07) is 8.06. The van der Waals surface area contributed by atoms with Gasteiger partial charge in [-0.25, -0.2) is 0 Å². The molecule has 0 spiro atoms. The average Bonchev–Trinajstić information content (AvgIpc) is 2.67. The number of ether oxygens (including phenoxy) is 1. The van der Waals surface area contributed by atoms with Crippen LogP contribution in [0.2, 0.25) is 5.02 Å². The number of benzene rings is 1. The van der Waals surface area contributed by atoms with Gasteiger partial charge < -0.3 is 15.4 Å². The SMILES string of the molecule is Cl.O=C(CCC1CCNCC1)NCC1(c2ccc(Cl)cc2)CCOCC1. The highest BCUT2D eigenvalue weighted by Gasteiger charge is 2.34. The number of hydrogen-bond acceptors (Lipinski definition) is 3. The number of hydrogen-bond donors (Lipinski definition) is 2. The second-order valence-electron chi connectivity index (χ2n) is 7.41. The van der Waals surface area contributed by atoms with Crippen LogP contribution >= 0.6 is 24.0 Å². The topological polar surface area (TPSA) is 50.4 Å². The van der Waals surface area contributed by atoms with Gasteiger partial charge in [0.2, 0.25) is 5.91 Å². The van der Waals surface area contributed by atoms with Gasteiger partial charge in [-0.2, -0.15) is 0 Å². The van der Waals surface area contributed by atoms with Crippen LogP contribution in [-0.4, -0.2) is 38.8 Å². The fraction of sp³-hybridized carbons (Fsp3) is 0.650. The van der Waals surface area contributed by atoms with E-state index >= 15 is 0 Å². The Balaban J connectivity index is 0.00000243. The Kier molecular flexibility index (Phi) is 8.68. The molecule has 3 rings (SSSR count). The van der Waals surface area contributed by atoms with Crippen molar-refractivity contribution in [3.05, 3.63) is 34.9 Å². The molecule has 0 atom stereocenters. The molecule has 26 heavy (non-hydrogen) atoms. The second-order valence-corrected chi connectivity index (χ2v) is 7.84. The summed E-state index contributed by atoms with van der Waals surface area (Å²) in [5.74, 6) is 0.874. The Morgan fingerprint density at radius 2 is 1.85 bits per heavy atom. The van der Waals surface area contributed by atoms with Gasteiger partial charge in [0, 0.05) is 36.6 Å². The molecule has 2 aliphatic heterocycles. The summed E-state index contributed by atoms with van der Waals surface area (Å²) in [5, 5.41) is 7.33. The Labute approximate surface area is 167 Å². The molecule has 2 heterocycles. The van der Waals surface area contributed by atoms with E-state index in [0.717, 1.165) is 50.6 Å². The van der Waals surface area contributed by atoms with Gasteiger partial charge in [-0.1, -0.05) is 23.7 Å². The van der Waals surface area contributed by atoms with E-state index in [1.807, 2.05) is 12.1 Å². The van der Waals surface area contributed by atoms with Crippen molar-refractivity contribution in [3.63, 3.8) is 0 Å². The minimum Gasteiger partial charge on any atom is -0.381 e. The first-order valence-electron chi connectivity index (χ1n) is 9.49. The van der Waals surface area contributed by atoms with Crippen molar-refractivity contribution in [1.82, 2.24) is 10.6 Å². The van der Waals surface area contributed by atoms with E-state index < -0.39 is 0 Å². The summed E-state index contributed by atoms with van der Waals surface area (Å²) in [5.41, 5.74) is 1.21. The van der Waals surface area contributed by atoms with Gasteiger partial charge in [0.15, 0.2) is 0 Å². The van der Waals surface area contributed by atoms with Crippen molar-refractivity contribution < 1.29 is 9.53 Å². The Morgan fingerprint density at radius 1 is 1.19 bits per heavy atom. The predicted octanol–water partition coefficient (Wildman–Crippen LogP) is 3.71. The summed E-state index contributed by atoms with van der Waals surface area (Å²) < 4.78 is 5.56. The van der Waals surface area contributed by atoms with Crippen LogP contribution in [0.5, 0.6) is 0 Å². The van der Waals surface area contributed by atoms with Crippen LogP contribution in [0.15, 0.2) is 24.3 Å². The van der Waals surface area contributed by atoms with Crippen LogP contribution in [-0.2, 0) is 14.9 Å². The van der Waals surface area contributed by atoms with Gasteiger partial charge in [-0.15, -0.1) is 12.4 Å². The lowest BCUT2D eigenvalue weighted by Crippen LogP contribution is -2.44. The van der Waals surface area contributed by atoms with Gasteiger partial charge in [-0.05, 0) is 68.8 Å². The maximum absolute atomic E-state index is 12.4. The minimum absolute atomic E-state index is 0. The predicted molar refractivity (Wildman–Crippen MR) is 108 cm³/mol. The maximum Gasteiger partial charge on any atom is 0.220 e. The molecule has 146 valence electrons. The molecule has 1 aromatic rings. The van der Waals surface area contributed by atoms with E-state index in [4.69, 9.17) is 16.3 Å². The molecule has 0 bridgehead atoms. The number of rotatable bonds is 6. The number of carbonyl (C=O) groups is 1. The molecule has 2 saturated heterocycles. The first-order chi connectivity index (χ1) is 12.2. The number of nitrogens with one attached hydrogen (secondary N) is 2. The van der Waals surface area contributed by atoms with Crippen molar-refractivity contribution >= 4 is 29.9 Å². The van der Waals surface area contributed by atoms with E-state index in [2.05, 4.69) is 22.8 Å². The Bertz CT molecular complexity index is 553. The Morgan fingerprint density at radius 3 is 2.50 bits per heavy atom. The maximum atomic E-state index is 12.4. The largest absolute Gasteiger partial charge is 0.381 e. The van der Waals surface area contributed by atoms with Gasteiger partial charge in [0.05, 0.1) is 0 Å². The van der Waals surface area contributed by atoms with E-state index in [1.165, 1.54) is 18.4 Å². The monoisotopic (exact) mass is 400 g/mol. The molecular weight excluding hydrogens is 371 g/mol. The molecule has 0 aliphatic carbocycles. The van der Waals surface area contributed by atoms with Crippen LogP contribution in [0.4, 0.5) is 0 Å². The molecule has 0 unspecified atom stereocenters. The number of halogens is 2. The third kappa shape index (κ3) is 5.85. The number of carbonyl (C=O) groups excluding carboxylic acids is 1. The smallest absolute Gasteiger partial charge is 0.220 e. The first-order valence-corrected chi connectivity index (χ1v) is 9.87. The highest BCUT2D eigenvalue weighted by Crippen LogP contribution is 2.35. The molecule has 1 amide bonds. The number of amides is 1.